The number of amides is 1. The molecule has 2 fully saturated rings. The van der Waals surface area contributed by atoms with Gasteiger partial charge in [0.15, 0.2) is 0 Å². The zero-order valence-corrected chi connectivity index (χ0v) is 10.0. The first-order chi connectivity index (χ1) is 7.31. The SMILES string of the molecule is O=C1CC(CCl)CN1C1CCCCCC1. The van der Waals surface area contributed by atoms with E-state index in [1.54, 1.807) is 0 Å². The van der Waals surface area contributed by atoms with Gasteiger partial charge in [-0.1, -0.05) is 25.7 Å². The number of hydrogen-bond acceptors (Lipinski definition) is 1. The summed E-state index contributed by atoms with van der Waals surface area (Å²) in [5, 5.41) is 0. The van der Waals surface area contributed by atoms with Crippen LogP contribution in [0.1, 0.15) is 44.9 Å². The van der Waals surface area contributed by atoms with Crippen LogP contribution in [-0.4, -0.2) is 29.3 Å². The quantitative estimate of drug-likeness (QED) is 0.527. The topological polar surface area (TPSA) is 20.3 Å². The molecule has 0 aromatic rings. The van der Waals surface area contributed by atoms with Gasteiger partial charge >= 0.3 is 0 Å². The van der Waals surface area contributed by atoms with Crippen LogP contribution in [-0.2, 0) is 4.79 Å². The lowest BCUT2D eigenvalue weighted by Gasteiger charge is -2.27. The molecule has 1 saturated carbocycles. The molecule has 1 aliphatic heterocycles. The Bertz CT molecular complexity index is 224. The highest BCUT2D eigenvalue weighted by molar-refractivity contribution is 6.18. The second-order valence-corrected chi connectivity index (χ2v) is 5.22. The maximum atomic E-state index is 11.8. The van der Waals surface area contributed by atoms with Gasteiger partial charge in [0.25, 0.3) is 0 Å². The van der Waals surface area contributed by atoms with Crippen molar-refractivity contribution in [3.8, 4) is 0 Å². The average Bonchev–Trinajstić information content (AvgIpc) is 2.48. The van der Waals surface area contributed by atoms with E-state index >= 15 is 0 Å². The highest BCUT2D eigenvalue weighted by Crippen LogP contribution is 2.28. The molecule has 0 spiro atoms. The van der Waals surface area contributed by atoms with Gasteiger partial charge in [0.2, 0.25) is 5.91 Å². The van der Waals surface area contributed by atoms with Crippen LogP contribution in [0.25, 0.3) is 0 Å². The Balaban J connectivity index is 1.94. The molecule has 1 unspecified atom stereocenters. The van der Waals surface area contributed by atoms with Gasteiger partial charge in [-0.25, -0.2) is 0 Å². The lowest BCUT2D eigenvalue weighted by Crippen LogP contribution is -2.36. The standard InChI is InChI=1S/C12H20ClNO/c13-8-10-7-12(15)14(9-10)11-5-3-1-2-4-6-11/h10-11H,1-9H2. The maximum Gasteiger partial charge on any atom is 0.223 e. The largest absolute Gasteiger partial charge is 0.339 e. The van der Waals surface area contributed by atoms with Crippen molar-refractivity contribution in [1.82, 2.24) is 4.90 Å². The van der Waals surface area contributed by atoms with Crippen molar-refractivity contribution in [2.45, 2.75) is 51.0 Å². The molecule has 0 aromatic carbocycles. The van der Waals surface area contributed by atoms with Crippen LogP contribution in [0.4, 0.5) is 0 Å². The Morgan fingerprint density at radius 3 is 2.40 bits per heavy atom. The molecule has 1 aliphatic carbocycles. The summed E-state index contributed by atoms with van der Waals surface area (Å²) in [7, 11) is 0. The molecule has 1 atom stereocenters. The smallest absolute Gasteiger partial charge is 0.223 e. The molecule has 2 aliphatic rings. The monoisotopic (exact) mass is 229 g/mol. The first kappa shape index (κ1) is 11.3. The van der Waals surface area contributed by atoms with Crippen molar-refractivity contribution in [2.24, 2.45) is 5.92 Å². The fourth-order valence-corrected chi connectivity index (χ4v) is 3.04. The Labute approximate surface area is 97.0 Å². The number of carbonyl (C=O) groups excluding carboxylic acids is 1. The summed E-state index contributed by atoms with van der Waals surface area (Å²) in [6.45, 7) is 0.910. The molecule has 3 heteroatoms. The van der Waals surface area contributed by atoms with Crippen LogP contribution in [0.5, 0.6) is 0 Å². The molecule has 2 rings (SSSR count). The van der Waals surface area contributed by atoms with E-state index in [1.807, 2.05) is 0 Å². The summed E-state index contributed by atoms with van der Waals surface area (Å²) < 4.78 is 0. The van der Waals surface area contributed by atoms with E-state index in [2.05, 4.69) is 4.90 Å². The number of alkyl halides is 1. The van der Waals surface area contributed by atoms with E-state index < -0.39 is 0 Å². The van der Waals surface area contributed by atoms with Crippen LogP contribution in [0.15, 0.2) is 0 Å². The van der Waals surface area contributed by atoms with Crippen molar-refractivity contribution < 1.29 is 4.79 Å². The predicted molar refractivity (Wildman–Crippen MR) is 62.0 cm³/mol. The van der Waals surface area contributed by atoms with E-state index in [0.717, 1.165) is 6.54 Å². The molecule has 0 radical (unpaired) electrons. The van der Waals surface area contributed by atoms with E-state index in [-0.39, 0.29) is 0 Å². The van der Waals surface area contributed by atoms with Crippen LogP contribution < -0.4 is 0 Å². The van der Waals surface area contributed by atoms with Crippen LogP contribution in [0, 0.1) is 5.92 Å². The zero-order valence-electron chi connectivity index (χ0n) is 9.25. The third kappa shape index (κ3) is 2.66. The summed E-state index contributed by atoms with van der Waals surface area (Å²) in [5.41, 5.74) is 0. The molecule has 2 nitrogen and oxygen atoms in total. The minimum absolute atomic E-state index is 0.340. The van der Waals surface area contributed by atoms with Crippen molar-refractivity contribution in [2.75, 3.05) is 12.4 Å². The minimum Gasteiger partial charge on any atom is -0.339 e. The first-order valence-electron chi connectivity index (χ1n) is 6.16. The maximum absolute atomic E-state index is 11.8. The second kappa shape index (κ2) is 5.20. The number of carbonyl (C=O) groups is 1. The molecule has 0 N–H and O–H groups in total. The average molecular weight is 230 g/mol. The molecule has 0 bridgehead atoms. The van der Waals surface area contributed by atoms with E-state index in [1.165, 1.54) is 38.5 Å². The van der Waals surface area contributed by atoms with Gasteiger partial charge in [-0.2, -0.15) is 0 Å². The van der Waals surface area contributed by atoms with Crippen molar-refractivity contribution in [3.63, 3.8) is 0 Å². The second-order valence-electron chi connectivity index (χ2n) is 4.92. The van der Waals surface area contributed by atoms with E-state index in [9.17, 15) is 4.79 Å². The van der Waals surface area contributed by atoms with Crippen molar-refractivity contribution in [1.29, 1.82) is 0 Å². The van der Waals surface area contributed by atoms with Gasteiger partial charge in [-0.05, 0) is 18.8 Å². The van der Waals surface area contributed by atoms with Gasteiger partial charge in [0.05, 0.1) is 0 Å². The fraction of sp³-hybridized carbons (Fsp3) is 0.917. The van der Waals surface area contributed by atoms with Gasteiger partial charge in [0, 0.05) is 24.9 Å². The molecule has 1 amide bonds. The fourth-order valence-electron chi connectivity index (χ4n) is 2.83. The summed E-state index contributed by atoms with van der Waals surface area (Å²) in [5.74, 6) is 1.38. The molecular formula is C12H20ClNO. The number of nitrogens with zero attached hydrogens (tertiary/aromatic N) is 1. The Hall–Kier alpha value is -0.240. The molecular weight excluding hydrogens is 210 g/mol. The van der Waals surface area contributed by atoms with Gasteiger partial charge < -0.3 is 4.90 Å². The van der Waals surface area contributed by atoms with Gasteiger partial charge in [-0.3, -0.25) is 4.79 Å². The number of rotatable bonds is 2. The number of halogens is 1. The Morgan fingerprint density at radius 2 is 1.87 bits per heavy atom. The number of likely N-dealkylation sites (tertiary alicyclic amines) is 1. The van der Waals surface area contributed by atoms with Crippen LogP contribution in [0.3, 0.4) is 0 Å². The van der Waals surface area contributed by atoms with Crippen LogP contribution in [0.2, 0.25) is 0 Å². The minimum atomic E-state index is 0.340. The molecule has 86 valence electrons. The van der Waals surface area contributed by atoms with E-state index in [4.69, 9.17) is 11.6 Å². The van der Waals surface area contributed by atoms with Crippen molar-refractivity contribution in [3.05, 3.63) is 0 Å². The summed E-state index contributed by atoms with van der Waals surface area (Å²) in [6, 6.07) is 0.521. The predicted octanol–water partition coefficient (Wildman–Crippen LogP) is 2.80. The molecule has 0 aromatic heterocycles. The van der Waals surface area contributed by atoms with Gasteiger partial charge in [0.1, 0.15) is 0 Å². The highest BCUT2D eigenvalue weighted by Gasteiger charge is 2.33. The van der Waals surface area contributed by atoms with Crippen molar-refractivity contribution >= 4 is 17.5 Å². The summed E-state index contributed by atoms with van der Waals surface area (Å²) in [6.07, 6.45) is 8.37. The van der Waals surface area contributed by atoms with Crippen LogP contribution >= 0.6 is 11.6 Å². The zero-order chi connectivity index (χ0) is 10.7. The molecule has 1 saturated heterocycles. The molecule has 1 heterocycles. The Kier molecular flexibility index (Phi) is 3.90. The third-order valence-electron chi connectivity index (χ3n) is 3.72. The van der Waals surface area contributed by atoms with Gasteiger partial charge in [-0.15, -0.1) is 11.6 Å². The first-order valence-corrected chi connectivity index (χ1v) is 6.70. The lowest BCUT2D eigenvalue weighted by atomic mass is 10.1. The highest BCUT2D eigenvalue weighted by atomic mass is 35.5. The normalized spacial score (nSPS) is 29.5. The number of hydrogen-bond donors (Lipinski definition) is 0. The lowest BCUT2D eigenvalue weighted by molar-refractivity contribution is -0.129. The molecule has 15 heavy (non-hydrogen) atoms. The Morgan fingerprint density at radius 1 is 1.20 bits per heavy atom. The summed E-state index contributed by atoms with van der Waals surface area (Å²) >= 11 is 5.83. The van der Waals surface area contributed by atoms with E-state index in [0.29, 0.717) is 30.2 Å². The third-order valence-corrected chi connectivity index (χ3v) is 4.16. The summed E-state index contributed by atoms with van der Waals surface area (Å²) in [4.78, 5) is 13.9.